The SMILES string of the molecule is CNCCCCCN(C)C(=O)CC1(CC(=O)O)CCCC1. The standard InChI is InChI=1S/C16H30N2O3/c1-17-10-6-3-7-11-18(2)14(19)12-16(13-15(20)21)8-4-5-9-16/h17H,3-13H2,1-2H3,(H,20,21). The molecule has 2 N–H and O–H groups in total. The fourth-order valence-electron chi connectivity index (χ4n) is 3.27. The molecule has 0 radical (unpaired) electrons. The molecule has 0 unspecified atom stereocenters. The predicted octanol–water partition coefficient (Wildman–Crippen LogP) is 2.26. The zero-order valence-corrected chi connectivity index (χ0v) is 13.5. The van der Waals surface area contributed by atoms with Gasteiger partial charge in [-0.15, -0.1) is 0 Å². The summed E-state index contributed by atoms with van der Waals surface area (Å²) in [6.07, 6.45) is 7.63. The van der Waals surface area contributed by atoms with Crippen LogP contribution in [0.2, 0.25) is 0 Å². The zero-order valence-electron chi connectivity index (χ0n) is 13.5. The van der Waals surface area contributed by atoms with E-state index in [1.165, 1.54) is 0 Å². The van der Waals surface area contributed by atoms with Crippen LogP contribution in [0.5, 0.6) is 0 Å². The van der Waals surface area contributed by atoms with Crippen molar-refractivity contribution in [2.24, 2.45) is 5.41 Å². The van der Waals surface area contributed by atoms with Crippen molar-refractivity contribution in [1.82, 2.24) is 10.2 Å². The van der Waals surface area contributed by atoms with E-state index in [2.05, 4.69) is 5.32 Å². The van der Waals surface area contributed by atoms with E-state index in [9.17, 15) is 9.59 Å². The number of nitrogens with one attached hydrogen (secondary N) is 1. The smallest absolute Gasteiger partial charge is 0.303 e. The van der Waals surface area contributed by atoms with Crippen LogP contribution in [0.4, 0.5) is 0 Å². The van der Waals surface area contributed by atoms with Crippen LogP contribution in [0, 0.1) is 5.41 Å². The summed E-state index contributed by atoms with van der Waals surface area (Å²) in [5, 5.41) is 12.2. The van der Waals surface area contributed by atoms with Crippen molar-refractivity contribution in [3.05, 3.63) is 0 Å². The second kappa shape index (κ2) is 9.03. The molecule has 0 spiro atoms. The van der Waals surface area contributed by atoms with E-state index in [1.807, 2.05) is 14.1 Å². The van der Waals surface area contributed by atoms with Gasteiger partial charge in [0.25, 0.3) is 0 Å². The minimum absolute atomic E-state index is 0.103. The Morgan fingerprint density at radius 2 is 1.81 bits per heavy atom. The number of aliphatic carboxylic acids is 1. The highest BCUT2D eigenvalue weighted by Crippen LogP contribution is 2.44. The van der Waals surface area contributed by atoms with Gasteiger partial charge < -0.3 is 15.3 Å². The highest BCUT2D eigenvalue weighted by molar-refractivity contribution is 5.78. The third kappa shape index (κ3) is 6.46. The molecule has 21 heavy (non-hydrogen) atoms. The molecule has 0 aliphatic heterocycles. The van der Waals surface area contributed by atoms with Crippen molar-refractivity contribution in [2.75, 3.05) is 27.2 Å². The summed E-state index contributed by atoms with van der Waals surface area (Å²) in [6, 6.07) is 0. The first kappa shape index (κ1) is 18.0. The van der Waals surface area contributed by atoms with Gasteiger partial charge in [0.2, 0.25) is 5.91 Å². The molecular formula is C16H30N2O3. The first-order chi connectivity index (χ1) is 9.99. The van der Waals surface area contributed by atoms with Gasteiger partial charge in [0.15, 0.2) is 0 Å². The molecule has 122 valence electrons. The molecule has 1 rings (SSSR count). The largest absolute Gasteiger partial charge is 0.481 e. The van der Waals surface area contributed by atoms with Gasteiger partial charge in [0.1, 0.15) is 0 Å². The van der Waals surface area contributed by atoms with Crippen LogP contribution in [0.3, 0.4) is 0 Å². The quantitative estimate of drug-likeness (QED) is 0.607. The Hall–Kier alpha value is -1.10. The van der Waals surface area contributed by atoms with Gasteiger partial charge in [0.05, 0.1) is 6.42 Å². The van der Waals surface area contributed by atoms with Gasteiger partial charge in [-0.25, -0.2) is 0 Å². The maximum absolute atomic E-state index is 12.3. The highest BCUT2D eigenvalue weighted by Gasteiger charge is 2.38. The molecule has 1 amide bonds. The van der Waals surface area contributed by atoms with Gasteiger partial charge in [-0.1, -0.05) is 19.3 Å². The molecule has 0 aromatic rings. The Kier molecular flexibility index (Phi) is 7.72. The minimum Gasteiger partial charge on any atom is -0.481 e. The number of amides is 1. The molecule has 5 nitrogen and oxygen atoms in total. The van der Waals surface area contributed by atoms with Crippen LogP contribution in [-0.4, -0.2) is 49.1 Å². The average molecular weight is 298 g/mol. The van der Waals surface area contributed by atoms with Gasteiger partial charge in [0, 0.05) is 20.0 Å². The molecule has 1 aliphatic carbocycles. The number of carboxylic acids is 1. The number of unbranched alkanes of at least 4 members (excludes halogenated alkanes) is 2. The molecule has 0 heterocycles. The average Bonchev–Trinajstić information content (AvgIpc) is 2.85. The molecule has 0 aromatic heterocycles. The van der Waals surface area contributed by atoms with E-state index >= 15 is 0 Å². The first-order valence-electron chi connectivity index (χ1n) is 8.09. The molecule has 1 fully saturated rings. The van der Waals surface area contributed by atoms with Crippen LogP contribution in [0.1, 0.15) is 57.8 Å². The molecular weight excluding hydrogens is 268 g/mol. The van der Waals surface area contributed by atoms with Crippen LogP contribution in [0.15, 0.2) is 0 Å². The van der Waals surface area contributed by atoms with Crippen LogP contribution in [0.25, 0.3) is 0 Å². The normalized spacial score (nSPS) is 16.9. The summed E-state index contributed by atoms with van der Waals surface area (Å²) in [5.74, 6) is -0.675. The third-order valence-electron chi connectivity index (χ3n) is 4.56. The number of carboxylic acid groups (broad SMARTS) is 1. The van der Waals surface area contributed by atoms with Gasteiger partial charge in [-0.2, -0.15) is 0 Å². The second-order valence-corrected chi connectivity index (χ2v) is 6.43. The summed E-state index contributed by atoms with van der Waals surface area (Å²) in [4.78, 5) is 25.2. The van der Waals surface area contributed by atoms with Crippen molar-refractivity contribution in [1.29, 1.82) is 0 Å². The minimum atomic E-state index is -0.778. The lowest BCUT2D eigenvalue weighted by Crippen LogP contribution is -2.34. The van der Waals surface area contributed by atoms with E-state index in [-0.39, 0.29) is 17.7 Å². The molecule has 5 heteroatoms. The Bertz CT molecular complexity index is 338. The first-order valence-corrected chi connectivity index (χ1v) is 8.09. The zero-order chi connectivity index (χ0) is 15.7. The lowest BCUT2D eigenvalue weighted by Gasteiger charge is -2.29. The number of hydrogen-bond donors (Lipinski definition) is 2. The summed E-state index contributed by atoms with van der Waals surface area (Å²) < 4.78 is 0. The molecule has 1 saturated carbocycles. The van der Waals surface area contributed by atoms with E-state index in [1.54, 1.807) is 4.90 Å². The molecule has 0 saturated heterocycles. The molecule has 0 bridgehead atoms. The van der Waals surface area contributed by atoms with Gasteiger partial charge >= 0.3 is 5.97 Å². The van der Waals surface area contributed by atoms with Gasteiger partial charge in [-0.05, 0) is 44.7 Å². The molecule has 1 aliphatic rings. The van der Waals surface area contributed by atoms with Crippen LogP contribution in [-0.2, 0) is 9.59 Å². The number of carbonyl (C=O) groups is 2. The van der Waals surface area contributed by atoms with Crippen molar-refractivity contribution < 1.29 is 14.7 Å². The fourth-order valence-corrected chi connectivity index (χ4v) is 3.27. The summed E-state index contributed by atoms with van der Waals surface area (Å²) in [5.41, 5.74) is -0.288. The van der Waals surface area contributed by atoms with Crippen molar-refractivity contribution in [3.63, 3.8) is 0 Å². The summed E-state index contributed by atoms with van der Waals surface area (Å²) >= 11 is 0. The highest BCUT2D eigenvalue weighted by atomic mass is 16.4. The third-order valence-corrected chi connectivity index (χ3v) is 4.56. The topological polar surface area (TPSA) is 69.6 Å². The van der Waals surface area contributed by atoms with Crippen molar-refractivity contribution >= 4 is 11.9 Å². The fraction of sp³-hybridized carbons (Fsp3) is 0.875. The number of carbonyl (C=O) groups excluding carboxylic acids is 1. The maximum Gasteiger partial charge on any atom is 0.303 e. The predicted molar refractivity (Wildman–Crippen MR) is 83.2 cm³/mol. The molecule has 0 aromatic carbocycles. The lowest BCUT2D eigenvalue weighted by molar-refractivity contribution is -0.141. The lowest BCUT2D eigenvalue weighted by atomic mass is 9.79. The van der Waals surface area contributed by atoms with Crippen LogP contribution >= 0.6 is 0 Å². The maximum atomic E-state index is 12.3. The Labute approximate surface area is 128 Å². The van der Waals surface area contributed by atoms with E-state index in [0.717, 1.165) is 58.0 Å². The monoisotopic (exact) mass is 298 g/mol. The van der Waals surface area contributed by atoms with E-state index in [4.69, 9.17) is 5.11 Å². The summed E-state index contributed by atoms with van der Waals surface area (Å²) in [7, 11) is 3.78. The number of hydrogen-bond acceptors (Lipinski definition) is 3. The van der Waals surface area contributed by atoms with Crippen molar-refractivity contribution in [3.8, 4) is 0 Å². The number of rotatable bonds is 10. The van der Waals surface area contributed by atoms with Gasteiger partial charge in [-0.3, -0.25) is 9.59 Å². The van der Waals surface area contributed by atoms with E-state index < -0.39 is 5.97 Å². The number of nitrogens with zero attached hydrogens (tertiary/aromatic N) is 1. The second-order valence-electron chi connectivity index (χ2n) is 6.43. The van der Waals surface area contributed by atoms with Crippen LogP contribution < -0.4 is 5.32 Å². The summed E-state index contributed by atoms with van der Waals surface area (Å²) in [6.45, 7) is 1.78. The van der Waals surface area contributed by atoms with E-state index in [0.29, 0.717) is 6.42 Å². The Morgan fingerprint density at radius 3 is 2.38 bits per heavy atom. The Morgan fingerprint density at radius 1 is 1.14 bits per heavy atom. The van der Waals surface area contributed by atoms with Crippen molar-refractivity contribution in [2.45, 2.75) is 57.8 Å². The molecule has 0 atom stereocenters. The Balaban J connectivity index is 2.37.